The van der Waals surface area contributed by atoms with E-state index in [9.17, 15) is 13.2 Å². The predicted molar refractivity (Wildman–Crippen MR) is 41.8 cm³/mol. The molecule has 0 aromatic heterocycles. The molecule has 0 heterocycles. The quantitative estimate of drug-likeness (QED) is 0.289. The maximum atomic E-state index is 10.7. The molecule has 0 aliphatic heterocycles. The molecule has 0 fully saturated rings. The summed E-state index contributed by atoms with van der Waals surface area (Å²) < 4.78 is 34.6. The summed E-state index contributed by atoms with van der Waals surface area (Å²) in [5.41, 5.74) is 0. The van der Waals surface area contributed by atoms with Crippen molar-refractivity contribution < 1.29 is 53.5 Å². The molecule has 0 aliphatic rings. The number of esters is 1. The average Bonchev–Trinajstić information content (AvgIpc) is 1.97. The van der Waals surface area contributed by atoms with Crippen molar-refractivity contribution in [2.45, 2.75) is 6.92 Å². The summed E-state index contributed by atoms with van der Waals surface area (Å²) in [5, 5.41) is 0. The van der Waals surface area contributed by atoms with Crippen molar-refractivity contribution in [2.24, 2.45) is 5.92 Å². The van der Waals surface area contributed by atoms with Crippen molar-refractivity contribution in [3.8, 4) is 0 Å². The van der Waals surface area contributed by atoms with E-state index in [1.165, 1.54) is 14.0 Å². The molecule has 74 valence electrons. The topological polar surface area (TPSA) is 92.7 Å². The van der Waals surface area contributed by atoms with E-state index in [1.807, 2.05) is 0 Å². The second-order valence-electron chi connectivity index (χ2n) is 2.25. The largest absolute Gasteiger partial charge is 1.00 e. The Hall–Kier alpha value is 0.340. The van der Waals surface area contributed by atoms with Crippen LogP contribution in [0.25, 0.3) is 0 Å². The second-order valence-corrected chi connectivity index (χ2v) is 3.49. The van der Waals surface area contributed by atoms with Crippen molar-refractivity contribution in [3.63, 3.8) is 0 Å². The Morgan fingerprint density at radius 1 is 1.69 bits per heavy atom. The first kappa shape index (κ1) is 15.8. The Kier molecular flexibility index (Phi) is 8.19. The minimum absolute atomic E-state index is 0. The number of methoxy groups -OCH3 is 1. The van der Waals surface area contributed by atoms with Crippen LogP contribution in [0.4, 0.5) is 0 Å². The zero-order valence-corrected chi connectivity index (χ0v) is 10.6. The van der Waals surface area contributed by atoms with Gasteiger partial charge in [-0.05, 0) is 0 Å². The van der Waals surface area contributed by atoms with Crippen LogP contribution in [0.1, 0.15) is 8.35 Å². The molecule has 6 nitrogen and oxygen atoms in total. The van der Waals surface area contributed by atoms with Gasteiger partial charge in [0, 0.05) is 6.54 Å². The number of ether oxygens (including phenoxy) is 1. The number of rotatable bonds is 4. The fraction of sp³-hybridized carbons (Fsp3) is 0.800. The van der Waals surface area contributed by atoms with Gasteiger partial charge in [-0.1, -0.05) is 6.92 Å². The maximum Gasteiger partial charge on any atom is 1.00 e. The second kappa shape index (κ2) is 6.74. The van der Waals surface area contributed by atoms with Gasteiger partial charge in [0.2, 0.25) is 0 Å². The standard InChI is InChI=1S/C5H11NO5S.Na.H/c1-4(5(7)11-2)3-6-12(8,9)10;;/h4,6H,3H2,1-2H3,(H,8,9,10);;/q;+1;-1/t4-;;/m0../s1. The Morgan fingerprint density at radius 2 is 2.15 bits per heavy atom. The molecule has 0 saturated carbocycles. The van der Waals surface area contributed by atoms with Gasteiger partial charge in [-0.2, -0.15) is 13.1 Å². The van der Waals surface area contributed by atoms with Gasteiger partial charge in [0.05, 0.1) is 13.0 Å². The summed E-state index contributed by atoms with van der Waals surface area (Å²) in [4.78, 5) is 10.7. The van der Waals surface area contributed by atoms with E-state index in [1.54, 1.807) is 4.72 Å². The molecule has 0 bridgehead atoms. The molecule has 13 heavy (non-hydrogen) atoms. The van der Waals surface area contributed by atoms with Crippen LogP contribution >= 0.6 is 0 Å². The van der Waals surface area contributed by atoms with Crippen LogP contribution in [0.2, 0.25) is 0 Å². The minimum atomic E-state index is -4.22. The molecular formula is C5H12NNaO5S. The van der Waals surface area contributed by atoms with E-state index in [-0.39, 0.29) is 37.5 Å². The fourth-order valence-corrected chi connectivity index (χ4v) is 0.975. The number of hydrogen-bond donors (Lipinski definition) is 2. The SMILES string of the molecule is COC(=O)[C@@H](C)CNS(=O)(=O)O.[H-].[Na+]. The summed E-state index contributed by atoms with van der Waals surface area (Å²) in [6, 6.07) is 0. The number of carbonyl (C=O) groups is 1. The smallest absolute Gasteiger partial charge is 1.00 e. The fourth-order valence-electron chi connectivity index (χ4n) is 0.515. The molecule has 2 N–H and O–H groups in total. The van der Waals surface area contributed by atoms with E-state index in [2.05, 4.69) is 4.74 Å². The molecule has 0 unspecified atom stereocenters. The monoisotopic (exact) mass is 221 g/mol. The minimum Gasteiger partial charge on any atom is -1.00 e. The van der Waals surface area contributed by atoms with E-state index < -0.39 is 22.2 Å². The van der Waals surface area contributed by atoms with Crippen LogP contribution in [0.5, 0.6) is 0 Å². The molecule has 8 heteroatoms. The zero-order chi connectivity index (χ0) is 9.78. The van der Waals surface area contributed by atoms with E-state index in [0.29, 0.717) is 0 Å². The molecule has 0 amide bonds. The summed E-state index contributed by atoms with van der Waals surface area (Å²) in [5.74, 6) is -1.15. The normalized spacial score (nSPS) is 12.8. The molecule has 0 saturated heterocycles. The van der Waals surface area contributed by atoms with Crippen LogP contribution in [-0.4, -0.2) is 32.6 Å². The van der Waals surface area contributed by atoms with Crippen LogP contribution in [0.3, 0.4) is 0 Å². The van der Waals surface area contributed by atoms with Gasteiger partial charge in [-0.3, -0.25) is 9.35 Å². The molecular weight excluding hydrogens is 209 g/mol. The van der Waals surface area contributed by atoms with Crippen molar-refractivity contribution in [2.75, 3.05) is 13.7 Å². The third-order valence-corrected chi connectivity index (χ3v) is 1.71. The van der Waals surface area contributed by atoms with Crippen molar-refractivity contribution >= 4 is 16.3 Å². The first-order valence-corrected chi connectivity index (χ1v) is 4.60. The van der Waals surface area contributed by atoms with Gasteiger partial charge >= 0.3 is 45.8 Å². The summed E-state index contributed by atoms with van der Waals surface area (Å²) in [6.45, 7) is 1.30. The van der Waals surface area contributed by atoms with Gasteiger partial charge in [-0.25, -0.2) is 0 Å². The Morgan fingerprint density at radius 3 is 2.46 bits per heavy atom. The number of carbonyl (C=O) groups excluding carboxylic acids is 1. The molecule has 0 spiro atoms. The number of nitrogens with one attached hydrogen (secondary N) is 1. The van der Waals surface area contributed by atoms with Gasteiger partial charge in [0.15, 0.2) is 0 Å². The predicted octanol–water partition coefficient (Wildman–Crippen LogP) is -3.70. The van der Waals surface area contributed by atoms with E-state index >= 15 is 0 Å². The van der Waals surface area contributed by atoms with Gasteiger partial charge < -0.3 is 6.16 Å². The summed E-state index contributed by atoms with van der Waals surface area (Å²) >= 11 is 0. The molecule has 1 atom stereocenters. The molecule has 0 rings (SSSR count). The third kappa shape index (κ3) is 8.66. The first-order valence-electron chi connectivity index (χ1n) is 3.16. The van der Waals surface area contributed by atoms with Gasteiger partial charge in [0.1, 0.15) is 0 Å². The Balaban J connectivity index is -0.000000605. The van der Waals surface area contributed by atoms with Crippen LogP contribution in [-0.2, 0) is 19.8 Å². The van der Waals surface area contributed by atoms with Crippen molar-refractivity contribution in [1.82, 2.24) is 4.72 Å². The summed E-state index contributed by atoms with van der Waals surface area (Å²) in [6.07, 6.45) is 0. The molecule has 0 aliphatic carbocycles. The number of hydrogen-bond acceptors (Lipinski definition) is 4. The van der Waals surface area contributed by atoms with Gasteiger partial charge in [0.25, 0.3) is 0 Å². The van der Waals surface area contributed by atoms with E-state index in [4.69, 9.17) is 4.55 Å². The van der Waals surface area contributed by atoms with Crippen LogP contribution < -0.4 is 34.3 Å². The molecule has 0 aromatic rings. The van der Waals surface area contributed by atoms with E-state index in [0.717, 1.165) is 0 Å². The van der Waals surface area contributed by atoms with Crippen molar-refractivity contribution in [3.05, 3.63) is 0 Å². The first-order chi connectivity index (χ1) is 5.37. The third-order valence-electron chi connectivity index (χ3n) is 1.18. The van der Waals surface area contributed by atoms with Gasteiger partial charge in [-0.15, -0.1) is 0 Å². The van der Waals surface area contributed by atoms with Crippen LogP contribution in [0.15, 0.2) is 0 Å². The Labute approximate surface area is 101 Å². The zero-order valence-electron chi connectivity index (χ0n) is 8.77. The average molecular weight is 221 g/mol. The summed E-state index contributed by atoms with van der Waals surface area (Å²) in [7, 11) is -3.02. The van der Waals surface area contributed by atoms with Crippen molar-refractivity contribution in [1.29, 1.82) is 0 Å². The molecule has 0 radical (unpaired) electrons. The maximum absolute atomic E-state index is 10.7. The Bertz CT molecular complexity index is 257. The van der Waals surface area contributed by atoms with Crippen LogP contribution in [0, 0.1) is 5.92 Å². The molecule has 0 aromatic carbocycles.